The smallest absolute Gasteiger partial charge is 0.287 e. The van der Waals surface area contributed by atoms with Crippen molar-refractivity contribution in [1.29, 1.82) is 0 Å². The molecule has 41 heavy (non-hydrogen) atoms. The monoisotopic (exact) mass is 562 g/mol. The van der Waals surface area contributed by atoms with Gasteiger partial charge in [0.15, 0.2) is 0 Å². The van der Waals surface area contributed by atoms with Gasteiger partial charge in [0.05, 0.1) is 17.1 Å². The van der Waals surface area contributed by atoms with E-state index in [0.717, 1.165) is 62.4 Å². The van der Waals surface area contributed by atoms with Crippen LogP contribution in [-0.2, 0) is 19.2 Å². The second kappa shape index (κ2) is 10.8. The van der Waals surface area contributed by atoms with Gasteiger partial charge in [-0.15, -0.1) is 0 Å². The van der Waals surface area contributed by atoms with Gasteiger partial charge in [-0.2, -0.15) is 0 Å². The number of aromatic nitrogens is 2. The minimum atomic E-state index is -1.04. The molecule has 10 heteroatoms. The zero-order valence-corrected chi connectivity index (χ0v) is 24.0. The lowest BCUT2D eigenvalue weighted by molar-refractivity contribution is -0.144. The fourth-order valence-electron chi connectivity index (χ4n) is 7.73. The molecule has 3 aliphatic carbocycles. The summed E-state index contributed by atoms with van der Waals surface area (Å²) >= 11 is 0. The largest absolute Gasteiger partial charge is 0.363 e. The van der Waals surface area contributed by atoms with Crippen LogP contribution >= 0.6 is 0 Å². The number of rotatable bonds is 10. The van der Waals surface area contributed by atoms with Gasteiger partial charge in [0, 0.05) is 6.54 Å². The van der Waals surface area contributed by atoms with E-state index in [9.17, 15) is 19.2 Å². The Morgan fingerprint density at radius 3 is 2.46 bits per heavy atom. The predicted octanol–water partition coefficient (Wildman–Crippen LogP) is 3.14. The molecule has 6 rings (SSSR count). The van der Waals surface area contributed by atoms with E-state index in [1.807, 2.05) is 24.3 Å². The molecule has 2 heterocycles. The number of hydrogen-bond acceptors (Lipinski definition) is 6. The normalized spacial score (nSPS) is 27.0. The van der Waals surface area contributed by atoms with Crippen molar-refractivity contribution in [2.75, 3.05) is 11.9 Å². The number of aromatic amines is 1. The summed E-state index contributed by atoms with van der Waals surface area (Å²) < 4.78 is 0. The van der Waals surface area contributed by atoms with Crippen LogP contribution in [0.3, 0.4) is 0 Å². The fourth-order valence-corrected chi connectivity index (χ4v) is 7.73. The first kappa shape index (κ1) is 27.7. The van der Waals surface area contributed by atoms with Crippen LogP contribution in [-0.4, -0.2) is 63.0 Å². The van der Waals surface area contributed by atoms with Gasteiger partial charge >= 0.3 is 0 Å². The first-order chi connectivity index (χ1) is 19.6. The van der Waals surface area contributed by atoms with Crippen molar-refractivity contribution < 1.29 is 19.2 Å². The lowest BCUT2D eigenvalue weighted by atomic mass is 9.80. The number of hydrogen-bond donors (Lipinski definition) is 4. The minimum absolute atomic E-state index is 0.00214. The molecule has 3 amide bonds. The molecular weight excluding hydrogens is 520 g/mol. The quantitative estimate of drug-likeness (QED) is 0.327. The highest BCUT2D eigenvalue weighted by Gasteiger charge is 2.69. The summed E-state index contributed by atoms with van der Waals surface area (Å²) in [4.78, 5) is 62.6. The lowest BCUT2D eigenvalue weighted by Gasteiger charge is -2.37. The van der Waals surface area contributed by atoms with Gasteiger partial charge in [-0.1, -0.05) is 64.5 Å². The van der Waals surface area contributed by atoms with Crippen LogP contribution < -0.4 is 16.4 Å². The molecule has 4 fully saturated rings. The third-order valence-electron chi connectivity index (χ3n) is 10.5. The van der Waals surface area contributed by atoms with Crippen molar-refractivity contribution in [3.63, 3.8) is 0 Å². The van der Waals surface area contributed by atoms with Crippen LogP contribution in [0.4, 0.5) is 5.95 Å². The molecule has 5 N–H and O–H groups in total. The van der Waals surface area contributed by atoms with Crippen molar-refractivity contribution in [3.05, 3.63) is 24.3 Å². The van der Waals surface area contributed by atoms with Crippen LogP contribution in [0, 0.1) is 29.1 Å². The average Bonchev–Trinajstić information content (AvgIpc) is 3.29. The highest BCUT2D eigenvalue weighted by atomic mass is 16.2. The Balaban J connectivity index is 1.26. The number of primary amides is 1. The second-order valence-electron chi connectivity index (χ2n) is 13.3. The Bertz CT molecular complexity index is 1310. The van der Waals surface area contributed by atoms with Gasteiger partial charge in [0.2, 0.25) is 23.5 Å². The van der Waals surface area contributed by atoms with Crippen LogP contribution in [0.2, 0.25) is 0 Å². The number of carbonyl (C=O) groups excluding carboxylic acids is 4. The van der Waals surface area contributed by atoms with Gasteiger partial charge < -0.3 is 26.3 Å². The Labute approximate surface area is 240 Å². The highest BCUT2D eigenvalue weighted by molar-refractivity contribution is 6.37. The van der Waals surface area contributed by atoms with E-state index in [1.54, 1.807) is 4.90 Å². The van der Waals surface area contributed by atoms with Gasteiger partial charge in [0.1, 0.15) is 12.1 Å². The zero-order valence-electron chi connectivity index (χ0n) is 24.0. The number of amides is 3. The van der Waals surface area contributed by atoms with E-state index in [0.29, 0.717) is 24.8 Å². The molecule has 10 nitrogen and oxygen atoms in total. The molecule has 1 saturated heterocycles. The van der Waals surface area contributed by atoms with Gasteiger partial charge in [-0.3, -0.25) is 19.2 Å². The van der Waals surface area contributed by atoms with Crippen LogP contribution in [0.5, 0.6) is 0 Å². The van der Waals surface area contributed by atoms with E-state index in [-0.39, 0.29) is 35.0 Å². The summed E-state index contributed by atoms with van der Waals surface area (Å²) in [6, 6.07) is 5.58. The van der Waals surface area contributed by atoms with E-state index in [4.69, 9.17) is 5.73 Å². The first-order valence-electron chi connectivity index (χ1n) is 15.3. The van der Waals surface area contributed by atoms with Gasteiger partial charge in [0.25, 0.3) is 5.91 Å². The number of nitrogens with zero attached hydrogens (tertiary/aromatic N) is 2. The Morgan fingerprint density at radius 1 is 1.07 bits per heavy atom. The van der Waals surface area contributed by atoms with Crippen LogP contribution in [0.1, 0.15) is 71.6 Å². The van der Waals surface area contributed by atoms with Crippen molar-refractivity contribution in [2.45, 2.75) is 89.8 Å². The summed E-state index contributed by atoms with van der Waals surface area (Å²) in [7, 11) is 0. The molecule has 0 radical (unpaired) electrons. The number of H-pyrrole nitrogens is 1. The Morgan fingerprint density at radius 2 is 1.80 bits per heavy atom. The van der Waals surface area contributed by atoms with Crippen molar-refractivity contribution in [3.8, 4) is 0 Å². The number of ketones is 1. The first-order valence-corrected chi connectivity index (χ1v) is 15.3. The molecule has 220 valence electrons. The summed E-state index contributed by atoms with van der Waals surface area (Å²) in [5.41, 5.74) is 6.99. The number of imidazole rings is 1. The summed E-state index contributed by atoms with van der Waals surface area (Å²) in [6.45, 7) is 4.77. The second-order valence-corrected chi connectivity index (χ2v) is 13.3. The maximum atomic E-state index is 14.4. The molecule has 0 spiro atoms. The summed E-state index contributed by atoms with van der Waals surface area (Å²) in [6.07, 6.45) is 8.59. The molecule has 2 unspecified atom stereocenters. The number of likely N-dealkylation sites (tertiary alicyclic amines) is 1. The third-order valence-corrected chi connectivity index (χ3v) is 10.5. The molecule has 4 aliphatic rings. The van der Waals surface area contributed by atoms with Crippen molar-refractivity contribution >= 4 is 40.5 Å². The fraction of sp³-hybridized carbons (Fsp3) is 0.645. The molecule has 0 bridgehead atoms. The topological polar surface area (TPSA) is 150 Å². The predicted molar refractivity (Wildman–Crippen MR) is 154 cm³/mol. The zero-order chi connectivity index (χ0) is 28.9. The standard InChI is InChI=1S/C31H42N6O4/c1-31(2)19-16-37(25(23(19)31)28(40)33-22(26(38)27(32)39)15-17-9-8-10-17)29(41)24(18-11-4-3-5-12-18)36-30-34-20-13-6-7-14-21(20)35-30/h6-7,13-14,17-19,22-25H,3-5,8-12,15-16H2,1-2H3,(H2,32,39)(H,33,40)(H2,34,35,36)/t19-,22+,23?,24+,25?/m1/s1. The summed E-state index contributed by atoms with van der Waals surface area (Å²) in [5, 5.41) is 6.32. The maximum absolute atomic E-state index is 14.4. The van der Waals surface area contributed by atoms with Crippen molar-refractivity contribution in [2.24, 2.45) is 34.8 Å². The minimum Gasteiger partial charge on any atom is -0.363 e. The Hall–Kier alpha value is -3.43. The average molecular weight is 563 g/mol. The van der Waals surface area contributed by atoms with Crippen molar-refractivity contribution in [1.82, 2.24) is 20.2 Å². The number of para-hydroxylation sites is 2. The van der Waals surface area contributed by atoms with Crippen LogP contribution in [0.25, 0.3) is 11.0 Å². The number of carbonyl (C=O) groups is 4. The molecule has 5 atom stereocenters. The van der Waals surface area contributed by atoms with E-state index < -0.39 is 29.8 Å². The molecule has 1 aromatic carbocycles. The maximum Gasteiger partial charge on any atom is 0.287 e. The number of nitrogens with two attached hydrogens (primary N) is 1. The number of nitrogens with one attached hydrogen (secondary N) is 3. The number of fused-ring (bicyclic) bond motifs is 2. The van der Waals surface area contributed by atoms with E-state index in [2.05, 4.69) is 34.4 Å². The van der Waals surface area contributed by atoms with E-state index in [1.165, 1.54) is 0 Å². The molecular formula is C31H42N6O4. The number of benzene rings is 1. The Kier molecular flexibility index (Phi) is 7.28. The van der Waals surface area contributed by atoms with Crippen LogP contribution in [0.15, 0.2) is 24.3 Å². The molecule has 3 saturated carbocycles. The number of piperidine rings is 1. The number of anilines is 1. The highest BCUT2D eigenvalue weighted by Crippen LogP contribution is 2.65. The number of Topliss-reactive ketones (excluding diaryl/α,β-unsaturated/α-hetero) is 1. The molecule has 1 aromatic heterocycles. The molecule has 2 aromatic rings. The molecule has 1 aliphatic heterocycles. The lowest BCUT2D eigenvalue weighted by Crippen LogP contribution is -2.58. The third kappa shape index (κ3) is 5.21. The van der Waals surface area contributed by atoms with Gasteiger partial charge in [-0.05, 0) is 60.5 Å². The van der Waals surface area contributed by atoms with E-state index >= 15 is 0 Å². The summed E-state index contributed by atoms with van der Waals surface area (Å²) in [5.74, 6) is -1.09. The van der Waals surface area contributed by atoms with Gasteiger partial charge in [-0.25, -0.2) is 4.98 Å². The SMILES string of the molecule is CC1(C)C2C(C(=O)N[C@@H](CC3CCC3)C(=O)C(N)=O)N(C(=O)[C@@H](Nc3nc4ccccc4[nH]3)C3CCCCC3)C[C@H]21.